The van der Waals surface area contributed by atoms with Crippen LogP contribution in [0.2, 0.25) is 0 Å². The van der Waals surface area contributed by atoms with Crippen LogP contribution < -0.4 is 0 Å². The molecule has 2 amide bonds. The zero-order valence-electron chi connectivity index (χ0n) is 17.5. The van der Waals surface area contributed by atoms with E-state index in [0.717, 1.165) is 31.2 Å². The summed E-state index contributed by atoms with van der Waals surface area (Å²) in [5.41, 5.74) is 0.902. The molecule has 1 spiro atoms. The monoisotopic (exact) mass is 397 g/mol. The van der Waals surface area contributed by atoms with Crippen LogP contribution in [0.25, 0.3) is 0 Å². The lowest BCUT2D eigenvalue weighted by molar-refractivity contribution is -0.139. The number of piperidine rings is 1. The minimum atomic E-state index is -0.513. The van der Waals surface area contributed by atoms with Gasteiger partial charge in [0.25, 0.3) is 0 Å². The van der Waals surface area contributed by atoms with Crippen LogP contribution in [0.1, 0.15) is 63.5 Å². The second kappa shape index (κ2) is 9.30. The highest BCUT2D eigenvalue weighted by Crippen LogP contribution is 2.35. The zero-order chi connectivity index (χ0) is 20.9. The highest BCUT2D eigenvalue weighted by atomic mass is 16.6. The highest BCUT2D eigenvalue weighted by molar-refractivity contribution is 5.79. The van der Waals surface area contributed by atoms with Crippen LogP contribution in [0.5, 0.6) is 0 Å². The van der Waals surface area contributed by atoms with Gasteiger partial charge in [-0.25, -0.2) is 4.79 Å². The van der Waals surface area contributed by atoms with E-state index in [1.807, 2.05) is 23.1 Å². The number of rotatable bonds is 7. The Morgan fingerprint density at radius 2 is 1.86 bits per heavy atom. The normalized spacial score (nSPS) is 18.2. The van der Waals surface area contributed by atoms with Crippen LogP contribution >= 0.6 is 0 Å². The van der Waals surface area contributed by atoms with Crippen molar-refractivity contribution in [1.29, 1.82) is 5.26 Å². The summed E-state index contributed by atoms with van der Waals surface area (Å²) >= 11 is 0. The van der Waals surface area contributed by atoms with E-state index in [4.69, 9.17) is 4.74 Å². The molecule has 1 aromatic rings. The third-order valence-corrected chi connectivity index (χ3v) is 6.15. The van der Waals surface area contributed by atoms with E-state index in [1.54, 1.807) is 11.0 Å². The van der Waals surface area contributed by atoms with Crippen molar-refractivity contribution in [2.24, 2.45) is 5.92 Å². The van der Waals surface area contributed by atoms with Gasteiger partial charge in [-0.05, 0) is 24.5 Å². The van der Waals surface area contributed by atoms with Crippen LogP contribution in [0.15, 0.2) is 24.3 Å². The van der Waals surface area contributed by atoms with Crippen molar-refractivity contribution in [2.45, 2.75) is 64.5 Å². The molecule has 0 unspecified atom stereocenters. The average molecular weight is 398 g/mol. The van der Waals surface area contributed by atoms with Gasteiger partial charge < -0.3 is 9.64 Å². The van der Waals surface area contributed by atoms with Gasteiger partial charge in [-0.1, -0.05) is 44.9 Å². The van der Waals surface area contributed by atoms with Gasteiger partial charge >= 0.3 is 6.09 Å². The van der Waals surface area contributed by atoms with Crippen LogP contribution in [0.4, 0.5) is 4.79 Å². The fourth-order valence-electron chi connectivity index (χ4n) is 4.53. The quantitative estimate of drug-likeness (QED) is 0.695. The van der Waals surface area contributed by atoms with Crippen LogP contribution in [0.3, 0.4) is 0 Å². The number of likely N-dealkylation sites (tertiary alicyclic amines) is 1. The molecule has 156 valence electrons. The fraction of sp³-hybridized carbons (Fsp3) is 0.609. The summed E-state index contributed by atoms with van der Waals surface area (Å²) in [6.07, 6.45) is 4.94. The van der Waals surface area contributed by atoms with Crippen molar-refractivity contribution < 1.29 is 14.3 Å². The van der Waals surface area contributed by atoms with E-state index in [-0.39, 0.29) is 17.9 Å². The molecule has 1 aromatic carbocycles. The molecule has 0 aliphatic carbocycles. The first-order valence-corrected chi connectivity index (χ1v) is 10.8. The number of nitrogens with zero attached hydrogens (tertiary/aromatic N) is 3. The number of benzene rings is 1. The van der Waals surface area contributed by atoms with E-state index in [9.17, 15) is 14.9 Å². The second-order valence-electron chi connectivity index (χ2n) is 8.28. The molecule has 6 nitrogen and oxygen atoms in total. The number of hydrogen-bond acceptors (Lipinski definition) is 4. The van der Waals surface area contributed by atoms with E-state index in [2.05, 4.69) is 19.9 Å². The Morgan fingerprint density at radius 1 is 1.21 bits per heavy atom. The summed E-state index contributed by atoms with van der Waals surface area (Å²) in [5, 5.41) is 9.28. The predicted molar refractivity (Wildman–Crippen MR) is 110 cm³/mol. The van der Waals surface area contributed by atoms with Gasteiger partial charge in [0.2, 0.25) is 5.91 Å². The third kappa shape index (κ3) is 4.72. The van der Waals surface area contributed by atoms with Gasteiger partial charge in [0, 0.05) is 31.8 Å². The Kier molecular flexibility index (Phi) is 6.79. The number of amides is 2. The summed E-state index contributed by atoms with van der Waals surface area (Å²) in [7, 11) is 0. The maximum absolute atomic E-state index is 12.9. The summed E-state index contributed by atoms with van der Waals surface area (Å²) in [6, 6.07) is 9.52. The molecule has 0 aromatic heterocycles. The molecule has 6 heteroatoms. The number of hydrogen-bond donors (Lipinski definition) is 0. The topological polar surface area (TPSA) is 73.6 Å². The Labute approximate surface area is 173 Å². The van der Waals surface area contributed by atoms with Gasteiger partial charge in [-0.3, -0.25) is 9.69 Å². The Hall–Kier alpha value is -2.55. The molecule has 3 rings (SSSR count). The van der Waals surface area contributed by atoms with Gasteiger partial charge in [0.1, 0.15) is 5.60 Å². The third-order valence-electron chi connectivity index (χ3n) is 6.15. The van der Waals surface area contributed by atoms with Crippen LogP contribution in [0, 0.1) is 17.2 Å². The van der Waals surface area contributed by atoms with E-state index < -0.39 is 5.60 Å². The van der Waals surface area contributed by atoms with Crippen molar-refractivity contribution in [3.63, 3.8) is 0 Å². The molecule has 0 radical (unpaired) electrons. The Bertz CT molecular complexity index is 772. The maximum atomic E-state index is 12.9. The lowest BCUT2D eigenvalue weighted by Crippen LogP contribution is -2.50. The second-order valence-corrected chi connectivity index (χ2v) is 8.28. The minimum Gasteiger partial charge on any atom is -0.441 e. The molecule has 0 bridgehead atoms. The van der Waals surface area contributed by atoms with Gasteiger partial charge in [0.15, 0.2) is 0 Å². The van der Waals surface area contributed by atoms with E-state index in [1.165, 1.54) is 0 Å². The van der Waals surface area contributed by atoms with Crippen LogP contribution in [-0.4, -0.2) is 47.0 Å². The smallest absolute Gasteiger partial charge is 0.410 e. The lowest BCUT2D eigenvalue weighted by atomic mass is 9.89. The van der Waals surface area contributed by atoms with Gasteiger partial charge in [0.05, 0.1) is 24.7 Å². The van der Waals surface area contributed by atoms with E-state index in [0.29, 0.717) is 44.6 Å². The molecular weight excluding hydrogens is 366 g/mol. The number of ether oxygens (including phenoxy) is 1. The van der Waals surface area contributed by atoms with Gasteiger partial charge in [-0.2, -0.15) is 5.26 Å². The van der Waals surface area contributed by atoms with Crippen LogP contribution in [-0.2, 0) is 16.1 Å². The first kappa shape index (κ1) is 21.2. The number of carbonyl (C=O) groups is 2. The Morgan fingerprint density at radius 3 is 2.48 bits per heavy atom. The predicted octanol–water partition coefficient (Wildman–Crippen LogP) is 4.09. The van der Waals surface area contributed by atoms with Crippen molar-refractivity contribution in [3.05, 3.63) is 35.4 Å². The number of carbonyl (C=O) groups excluding carboxylic acids is 2. The standard InChI is InChI=1S/C23H31N3O3/c1-3-7-18(8-4-2)21(27)25-13-11-23(12-14-25)17-26(22(28)29-23)16-20-10-6-5-9-19(20)15-24/h5-6,9-10,18H,3-4,7-8,11-14,16-17H2,1-2H3. The summed E-state index contributed by atoms with van der Waals surface area (Å²) in [4.78, 5) is 29.0. The fourth-order valence-corrected chi connectivity index (χ4v) is 4.53. The molecule has 0 atom stereocenters. The molecule has 2 fully saturated rings. The molecule has 2 aliphatic rings. The first-order chi connectivity index (χ1) is 14.0. The molecule has 0 N–H and O–H groups in total. The molecule has 2 heterocycles. The van der Waals surface area contributed by atoms with Gasteiger partial charge in [-0.15, -0.1) is 0 Å². The molecule has 2 aliphatic heterocycles. The summed E-state index contributed by atoms with van der Waals surface area (Å²) < 4.78 is 5.80. The molecule has 0 saturated carbocycles. The first-order valence-electron chi connectivity index (χ1n) is 10.8. The average Bonchev–Trinajstić information content (AvgIpc) is 3.03. The van der Waals surface area contributed by atoms with Crippen molar-refractivity contribution in [1.82, 2.24) is 9.80 Å². The van der Waals surface area contributed by atoms with Crippen molar-refractivity contribution >= 4 is 12.0 Å². The molecular formula is C23H31N3O3. The Balaban J connectivity index is 1.60. The molecule has 2 saturated heterocycles. The highest BCUT2D eigenvalue weighted by Gasteiger charge is 2.47. The zero-order valence-corrected chi connectivity index (χ0v) is 17.5. The SMILES string of the molecule is CCCC(CCC)C(=O)N1CCC2(CC1)CN(Cc1ccccc1C#N)C(=O)O2. The van der Waals surface area contributed by atoms with Crippen molar-refractivity contribution in [3.8, 4) is 6.07 Å². The lowest BCUT2D eigenvalue weighted by Gasteiger charge is -2.38. The van der Waals surface area contributed by atoms with E-state index >= 15 is 0 Å². The van der Waals surface area contributed by atoms with Crippen molar-refractivity contribution in [2.75, 3.05) is 19.6 Å². The summed E-state index contributed by atoms with van der Waals surface area (Å²) in [6.45, 7) is 6.41. The minimum absolute atomic E-state index is 0.115. The maximum Gasteiger partial charge on any atom is 0.410 e. The summed E-state index contributed by atoms with van der Waals surface area (Å²) in [5.74, 6) is 0.372. The molecule has 29 heavy (non-hydrogen) atoms. The largest absolute Gasteiger partial charge is 0.441 e. The number of nitriles is 1.